The van der Waals surface area contributed by atoms with Gasteiger partial charge < -0.3 is 10.1 Å². The Kier molecular flexibility index (Phi) is 4.94. The molecule has 0 bridgehead atoms. The molecule has 0 aliphatic heterocycles. The van der Waals surface area contributed by atoms with E-state index in [1.54, 1.807) is 6.07 Å². The predicted molar refractivity (Wildman–Crippen MR) is 78.2 cm³/mol. The molecule has 0 spiro atoms. The average molecular weight is 299 g/mol. The fraction of sp³-hybridized carbons (Fsp3) is 0.500. The van der Waals surface area contributed by atoms with E-state index in [2.05, 4.69) is 5.32 Å². The SMILES string of the molecule is COc1ccc(C(=O)CNC(C)(C)C)cc1S(C)(=O)=O. The third-order valence-corrected chi connectivity index (χ3v) is 3.78. The van der Waals surface area contributed by atoms with Crippen molar-refractivity contribution in [2.24, 2.45) is 0 Å². The van der Waals surface area contributed by atoms with E-state index in [-0.39, 0.29) is 28.5 Å². The van der Waals surface area contributed by atoms with Gasteiger partial charge in [0.25, 0.3) is 0 Å². The monoisotopic (exact) mass is 299 g/mol. The van der Waals surface area contributed by atoms with Gasteiger partial charge in [-0.05, 0) is 39.0 Å². The molecule has 0 atom stereocenters. The lowest BCUT2D eigenvalue weighted by atomic mass is 10.1. The zero-order chi connectivity index (χ0) is 15.6. The Morgan fingerprint density at radius 2 is 1.90 bits per heavy atom. The van der Waals surface area contributed by atoms with E-state index in [0.717, 1.165) is 6.26 Å². The van der Waals surface area contributed by atoms with Gasteiger partial charge in [0, 0.05) is 17.4 Å². The Morgan fingerprint density at radius 1 is 1.30 bits per heavy atom. The van der Waals surface area contributed by atoms with Crippen molar-refractivity contribution in [3.63, 3.8) is 0 Å². The summed E-state index contributed by atoms with van der Waals surface area (Å²) in [6.45, 7) is 6.02. The van der Waals surface area contributed by atoms with E-state index in [1.807, 2.05) is 20.8 Å². The molecule has 0 radical (unpaired) electrons. The Balaban J connectivity index is 3.07. The maximum atomic E-state index is 12.1. The molecule has 1 N–H and O–H groups in total. The fourth-order valence-corrected chi connectivity index (χ4v) is 2.45. The minimum atomic E-state index is -3.44. The minimum Gasteiger partial charge on any atom is -0.495 e. The number of benzene rings is 1. The normalized spacial score (nSPS) is 12.2. The molecule has 0 aromatic heterocycles. The van der Waals surface area contributed by atoms with Crippen molar-refractivity contribution in [2.45, 2.75) is 31.2 Å². The molecule has 6 heteroatoms. The lowest BCUT2D eigenvalue weighted by molar-refractivity contribution is 0.0982. The number of methoxy groups -OCH3 is 1. The largest absolute Gasteiger partial charge is 0.495 e. The first-order valence-electron chi connectivity index (χ1n) is 6.21. The molecule has 112 valence electrons. The van der Waals surface area contributed by atoms with Crippen molar-refractivity contribution < 1.29 is 17.9 Å². The maximum absolute atomic E-state index is 12.1. The number of ketones is 1. The van der Waals surface area contributed by atoms with Crippen molar-refractivity contribution in [3.05, 3.63) is 23.8 Å². The summed E-state index contributed by atoms with van der Waals surface area (Å²) in [7, 11) is -2.05. The second-order valence-electron chi connectivity index (χ2n) is 5.66. The zero-order valence-electron chi connectivity index (χ0n) is 12.5. The van der Waals surface area contributed by atoms with Gasteiger partial charge in [-0.2, -0.15) is 0 Å². The average Bonchev–Trinajstić information content (AvgIpc) is 2.33. The van der Waals surface area contributed by atoms with Crippen LogP contribution in [-0.4, -0.2) is 39.7 Å². The van der Waals surface area contributed by atoms with Crippen LogP contribution in [0.3, 0.4) is 0 Å². The van der Waals surface area contributed by atoms with E-state index in [4.69, 9.17) is 4.74 Å². The molecule has 1 rings (SSSR count). The highest BCUT2D eigenvalue weighted by Gasteiger charge is 2.18. The van der Waals surface area contributed by atoms with Crippen LogP contribution in [0.15, 0.2) is 23.1 Å². The van der Waals surface area contributed by atoms with E-state index in [1.165, 1.54) is 19.2 Å². The lowest BCUT2D eigenvalue weighted by Gasteiger charge is -2.20. The number of nitrogens with one attached hydrogen (secondary N) is 1. The first-order valence-corrected chi connectivity index (χ1v) is 8.10. The molecular formula is C14H21NO4S. The van der Waals surface area contributed by atoms with Crippen LogP contribution in [0.2, 0.25) is 0 Å². The topological polar surface area (TPSA) is 72.5 Å². The first kappa shape index (κ1) is 16.7. The molecule has 0 heterocycles. The van der Waals surface area contributed by atoms with E-state index in [0.29, 0.717) is 5.56 Å². The second-order valence-corrected chi connectivity index (χ2v) is 7.65. The molecular weight excluding hydrogens is 278 g/mol. The van der Waals surface area contributed by atoms with Crippen LogP contribution < -0.4 is 10.1 Å². The van der Waals surface area contributed by atoms with Crippen LogP contribution in [0.25, 0.3) is 0 Å². The standard InChI is InChI=1S/C14H21NO4S/c1-14(2,3)15-9-11(16)10-6-7-12(19-4)13(8-10)20(5,17)18/h6-8,15H,9H2,1-5H3. The van der Waals surface area contributed by atoms with E-state index >= 15 is 0 Å². The summed E-state index contributed by atoms with van der Waals surface area (Å²) in [6.07, 6.45) is 1.09. The minimum absolute atomic E-state index is 0.0293. The summed E-state index contributed by atoms with van der Waals surface area (Å²) in [4.78, 5) is 12.1. The van der Waals surface area contributed by atoms with Crippen LogP contribution in [-0.2, 0) is 9.84 Å². The van der Waals surface area contributed by atoms with Crippen LogP contribution in [0.1, 0.15) is 31.1 Å². The smallest absolute Gasteiger partial charge is 0.179 e. The maximum Gasteiger partial charge on any atom is 0.179 e. The van der Waals surface area contributed by atoms with Crippen molar-refractivity contribution >= 4 is 15.6 Å². The van der Waals surface area contributed by atoms with Gasteiger partial charge in [-0.1, -0.05) is 0 Å². The summed E-state index contributed by atoms with van der Waals surface area (Å²) in [5.41, 5.74) is 0.171. The molecule has 0 aliphatic rings. The highest BCUT2D eigenvalue weighted by molar-refractivity contribution is 7.90. The summed E-state index contributed by atoms with van der Waals surface area (Å²) in [5.74, 6) is 0.0836. The van der Waals surface area contributed by atoms with Crippen LogP contribution >= 0.6 is 0 Å². The molecule has 20 heavy (non-hydrogen) atoms. The molecule has 0 amide bonds. The number of carbonyl (C=O) groups is 1. The van der Waals surface area contributed by atoms with Gasteiger partial charge in [0.1, 0.15) is 10.6 Å². The van der Waals surface area contributed by atoms with Gasteiger partial charge in [0.05, 0.1) is 13.7 Å². The lowest BCUT2D eigenvalue weighted by Crippen LogP contribution is -2.39. The van der Waals surface area contributed by atoms with Gasteiger partial charge in [0.15, 0.2) is 15.6 Å². The Hall–Kier alpha value is -1.40. The van der Waals surface area contributed by atoms with E-state index < -0.39 is 9.84 Å². The Bertz CT molecular complexity index is 600. The number of carbonyl (C=O) groups excluding carboxylic acids is 1. The predicted octanol–water partition coefficient (Wildman–Crippen LogP) is 1.67. The highest BCUT2D eigenvalue weighted by Crippen LogP contribution is 2.24. The van der Waals surface area contributed by atoms with Gasteiger partial charge in [0.2, 0.25) is 0 Å². The third-order valence-electron chi connectivity index (χ3n) is 2.66. The van der Waals surface area contributed by atoms with E-state index in [9.17, 15) is 13.2 Å². The number of Topliss-reactive ketones (excluding diaryl/α,β-unsaturated/α-hetero) is 1. The number of sulfone groups is 1. The molecule has 0 saturated carbocycles. The number of rotatable bonds is 5. The van der Waals surface area contributed by atoms with Crippen LogP contribution in [0, 0.1) is 0 Å². The summed E-state index contributed by atoms with van der Waals surface area (Å²) >= 11 is 0. The van der Waals surface area contributed by atoms with Crippen LogP contribution in [0.4, 0.5) is 0 Å². The molecule has 1 aromatic carbocycles. The molecule has 0 saturated heterocycles. The van der Waals surface area contributed by atoms with Crippen molar-refractivity contribution in [1.82, 2.24) is 5.32 Å². The molecule has 1 aromatic rings. The number of hydrogen-bond acceptors (Lipinski definition) is 5. The van der Waals surface area contributed by atoms with Crippen LogP contribution in [0.5, 0.6) is 5.75 Å². The quantitative estimate of drug-likeness (QED) is 0.837. The first-order chi connectivity index (χ1) is 9.04. The number of hydrogen-bond donors (Lipinski definition) is 1. The van der Waals surface area contributed by atoms with Crippen molar-refractivity contribution in [1.29, 1.82) is 0 Å². The molecule has 5 nitrogen and oxygen atoms in total. The van der Waals surface area contributed by atoms with Gasteiger partial charge >= 0.3 is 0 Å². The zero-order valence-corrected chi connectivity index (χ0v) is 13.3. The molecule has 0 unspecified atom stereocenters. The summed E-state index contributed by atoms with van der Waals surface area (Å²) in [6, 6.07) is 4.43. The van der Waals surface area contributed by atoms with Gasteiger partial charge in [-0.25, -0.2) is 8.42 Å². The fourth-order valence-electron chi connectivity index (χ4n) is 1.59. The van der Waals surface area contributed by atoms with Crippen molar-refractivity contribution in [2.75, 3.05) is 19.9 Å². The molecule has 0 aliphatic carbocycles. The summed E-state index contributed by atoms with van der Waals surface area (Å²) in [5, 5.41) is 3.08. The Labute approximate surface area is 120 Å². The van der Waals surface area contributed by atoms with Gasteiger partial charge in [-0.3, -0.25) is 4.79 Å². The molecule has 0 fully saturated rings. The third kappa shape index (κ3) is 4.61. The van der Waals surface area contributed by atoms with Crippen molar-refractivity contribution in [3.8, 4) is 5.75 Å². The number of ether oxygens (including phenoxy) is 1. The van der Waals surface area contributed by atoms with Gasteiger partial charge in [-0.15, -0.1) is 0 Å². The highest BCUT2D eigenvalue weighted by atomic mass is 32.2. The second kappa shape index (κ2) is 5.93. The Morgan fingerprint density at radius 3 is 2.35 bits per heavy atom. The summed E-state index contributed by atoms with van der Waals surface area (Å²) < 4.78 is 28.4.